The number of rotatable bonds is 3. The van der Waals surface area contributed by atoms with Crippen molar-refractivity contribution in [2.24, 2.45) is 15.0 Å². The summed E-state index contributed by atoms with van der Waals surface area (Å²) in [5, 5.41) is 12.9. The molecule has 4 aromatic rings. The van der Waals surface area contributed by atoms with E-state index >= 15 is 0 Å². The van der Waals surface area contributed by atoms with Crippen LogP contribution >= 0.6 is 11.3 Å². The van der Waals surface area contributed by atoms with E-state index in [1.165, 1.54) is 16.9 Å². The summed E-state index contributed by atoms with van der Waals surface area (Å²) in [6, 6.07) is 21.9. The average Bonchev–Trinajstić information content (AvgIpc) is 3.35. The van der Waals surface area contributed by atoms with Gasteiger partial charge >= 0.3 is 0 Å². The zero-order chi connectivity index (χ0) is 21.4. The Morgan fingerprint density at radius 3 is 2.39 bits per heavy atom. The van der Waals surface area contributed by atoms with Gasteiger partial charge < -0.3 is 5.11 Å². The number of aryl methyl sites for hydroxylation is 2. The van der Waals surface area contributed by atoms with Gasteiger partial charge in [0, 0.05) is 0 Å². The highest BCUT2D eigenvalue weighted by Gasteiger charge is 2.13. The molecule has 0 radical (unpaired) electrons. The van der Waals surface area contributed by atoms with Crippen LogP contribution in [0.15, 0.2) is 81.7 Å². The number of nitrogens with zero attached hydrogens (tertiary/aromatic N) is 4. The van der Waals surface area contributed by atoms with Crippen molar-refractivity contribution in [3.8, 4) is 11.6 Å². The summed E-state index contributed by atoms with van der Waals surface area (Å²) >= 11 is 1.44. The largest absolute Gasteiger partial charge is 0.493 e. The number of aliphatic imine (C=N–C) groups is 1. The van der Waals surface area contributed by atoms with E-state index in [1.807, 2.05) is 86.7 Å². The molecule has 31 heavy (non-hydrogen) atoms. The third-order valence-electron chi connectivity index (χ3n) is 5.07. The Bertz CT molecular complexity index is 1490. The number of hydrogen-bond acceptors (Lipinski definition) is 5. The predicted octanol–water partition coefficient (Wildman–Crippen LogP) is 4.22. The van der Waals surface area contributed by atoms with Gasteiger partial charge in [-0.05, 0) is 61.5 Å². The van der Waals surface area contributed by atoms with Gasteiger partial charge in [-0.2, -0.15) is 0 Å². The SMILES string of the molecule is Cc1ccc(N=c2sc(C=c3ccc4c(c3)N=CN=4)c(O)n2-c2ccc(C)cc2)cc1. The van der Waals surface area contributed by atoms with Crippen molar-refractivity contribution in [2.75, 3.05) is 0 Å². The summed E-state index contributed by atoms with van der Waals surface area (Å²) in [5.41, 5.74) is 4.88. The van der Waals surface area contributed by atoms with Gasteiger partial charge in [-0.25, -0.2) is 15.0 Å². The normalized spacial score (nSPS) is 13.5. The summed E-state index contributed by atoms with van der Waals surface area (Å²) in [5.74, 6) is 0.161. The molecule has 0 unspecified atom stereocenters. The van der Waals surface area contributed by atoms with Crippen LogP contribution in [0.4, 0.5) is 11.4 Å². The van der Waals surface area contributed by atoms with Crippen LogP contribution < -0.4 is 15.4 Å². The zero-order valence-electron chi connectivity index (χ0n) is 17.1. The standard InChI is InChI=1S/C25H20N4OS/c1-16-3-8-19(9-4-16)28-25-29(20-10-5-17(2)6-11-20)24(30)23(31-25)14-18-7-12-21-22(13-18)27-15-26-21/h3-15,30H,1-2H3. The fourth-order valence-corrected chi connectivity index (χ4v) is 4.37. The molecule has 5 nitrogen and oxygen atoms in total. The molecular formula is C25H20N4OS. The summed E-state index contributed by atoms with van der Waals surface area (Å²) in [4.78, 5) is 14.7. The molecule has 152 valence electrons. The molecule has 0 amide bonds. The van der Waals surface area contributed by atoms with Crippen molar-refractivity contribution in [1.82, 2.24) is 4.57 Å². The molecule has 3 aromatic carbocycles. The molecular weight excluding hydrogens is 404 g/mol. The molecule has 1 aliphatic heterocycles. The van der Waals surface area contributed by atoms with Gasteiger partial charge in [-0.1, -0.05) is 52.8 Å². The molecule has 6 heteroatoms. The fraction of sp³-hybridized carbons (Fsp3) is 0.0800. The van der Waals surface area contributed by atoms with Crippen LogP contribution in [0, 0.1) is 13.8 Å². The monoisotopic (exact) mass is 424 g/mol. The lowest BCUT2D eigenvalue weighted by atomic mass is 10.2. The Labute approximate surface area is 183 Å². The lowest BCUT2D eigenvalue weighted by Gasteiger charge is -2.06. The number of thiazole rings is 1. The Morgan fingerprint density at radius 1 is 0.935 bits per heavy atom. The van der Waals surface area contributed by atoms with Crippen molar-refractivity contribution in [2.45, 2.75) is 13.8 Å². The molecule has 0 fully saturated rings. The fourth-order valence-electron chi connectivity index (χ4n) is 3.36. The van der Waals surface area contributed by atoms with E-state index in [2.05, 4.69) is 9.98 Å². The van der Waals surface area contributed by atoms with E-state index in [-0.39, 0.29) is 5.88 Å². The molecule has 0 spiro atoms. The second-order valence-electron chi connectivity index (χ2n) is 7.46. The molecule has 0 saturated heterocycles. The summed E-state index contributed by atoms with van der Waals surface area (Å²) < 4.78 is 1.79. The number of fused-ring (bicyclic) bond motifs is 1. The molecule has 1 aliphatic rings. The van der Waals surface area contributed by atoms with E-state index in [0.717, 1.165) is 38.1 Å². The Morgan fingerprint density at radius 2 is 1.65 bits per heavy atom. The van der Waals surface area contributed by atoms with Crippen LogP contribution in [-0.4, -0.2) is 16.0 Å². The maximum Gasteiger partial charge on any atom is 0.215 e. The molecule has 0 saturated carbocycles. The molecule has 0 aliphatic carbocycles. The molecule has 0 bridgehead atoms. The van der Waals surface area contributed by atoms with Gasteiger partial charge in [0.1, 0.15) is 6.34 Å². The molecule has 2 heterocycles. The van der Waals surface area contributed by atoms with E-state index < -0.39 is 0 Å². The van der Waals surface area contributed by atoms with Crippen molar-refractivity contribution in [3.63, 3.8) is 0 Å². The third kappa shape index (κ3) is 3.85. The lowest BCUT2D eigenvalue weighted by molar-refractivity contribution is 0.439. The summed E-state index contributed by atoms with van der Waals surface area (Å²) in [7, 11) is 0. The first-order valence-corrected chi connectivity index (χ1v) is 10.7. The molecule has 5 rings (SSSR count). The minimum Gasteiger partial charge on any atom is -0.493 e. The Kier molecular flexibility index (Phi) is 4.84. The highest BCUT2D eigenvalue weighted by Crippen LogP contribution is 2.26. The quantitative estimate of drug-likeness (QED) is 0.526. The maximum absolute atomic E-state index is 11.1. The number of hydrogen-bond donors (Lipinski definition) is 1. The van der Waals surface area contributed by atoms with Gasteiger partial charge in [0.25, 0.3) is 0 Å². The second kappa shape index (κ2) is 7.81. The molecule has 0 atom stereocenters. The van der Waals surface area contributed by atoms with Crippen LogP contribution in [0.3, 0.4) is 0 Å². The number of aromatic hydroxyl groups is 1. The highest BCUT2D eigenvalue weighted by atomic mass is 32.1. The van der Waals surface area contributed by atoms with Crippen LogP contribution in [0.25, 0.3) is 11.8 Å². The first-order chi connectivity index (χ1) is 15.1. The minimum absolute atomic E-state index is 0.161. The van der Waals surface area contributed by atoms with Crippen molar-refractivity contribution in [3.05, 3.63) is 98.1 Å². The summed E-state index contributed by atoms with van der Waals surface area (Å²) in [6.45, 7) is 4.09. The van der Waals surface area contributed by atoms with E-state index in [1.54, 1.807) is 10.9 Å². The maximum atomic E-state index is 11.1. The first kappa shape index (κ1) is 19.2. The lowest BCUT2D eigenvalue weighted by Crippen LogP contribution is -2.11. The first-order valence-electron chi connectivity index (χ1n) is 9.92. The van der Waals surface area contributed by atoms with Gasteiger partial charge in [-0.15, -0.1) is 0 Å². The summed E-state index contributed by atoms with van der Waals surface area (Å²) in [6.07, 6.45) is 3.51. The predicted molar refractivity (Wildman–Crippen MR) is 125 cm³/mol. The van der Waals surface area contributed by atoms with E-state index in [4.69, 9.17) is 4.99 Å². The second-order valence-corrected chi connectivity index (χ2v) is 8.47. The topological polar surface area (TPSA) is 62.2 Å². The van der Waals surface area contributed by atoms with Gasteiger partial charge in [0.15, 0.2) is 4.80 Å². The van der Waals surface area contributed by atoms with E-state index in [0.29, 0.717) is 4.80 Å². The van der Waals surface area contributed by atoms with Crippen LogP contribution in [0.1, 0.15) is 16.0 Å². The highest BCUT2D eigenvalue weighted by molar-refractivity contribution is 7.10. The van der Waals surface area contributed by atoms with Gasteiger partial charge in [0.05, 0.1) is 27.3 Å². The smallest absolute Gasteiger partial charge is 0.215 e. The average molecular weight is 425 g/mol. The van der Waals surface area contributed by atoms with Crippen LogP contribution in [0.2, 0.25) is 0 Å². The minimum atomic E-state index is 0.161. The number of aromatic nitrogens is 1. The van der Waals surface area contributed by atoms with Gasteiger partial charge in [-0.3, -0.25) is 4.57 Å². The molecule has 1 aromatic heterocycles. The zero-order valence-corrected chi connectivity index (χ0v) is 18.0. The van der Waals surface area contributed by atoms with Crippen LogP contribution in [-0.2, 0) is 0 Å². The van der Waals surface area contributed by atoms with Crippen molar-refractivity contribution < 1.29 is 5.11 Å². The Balaban J connectivity index is 1.71. The van der Waals surface area contributed by atoms with E-state index in [9.17, 15) is 5.11 Å². The third-order valence-corrected chi connectivity index (χ3v) is 6.04. The van der Waals surface area contributed by atoms with Crippen molar-refractivity contribution >= 4 is 35.1 Å². The number of benzene rings is 3. The van der Waals surface area contributed by atoms with Crippen molar-refractivity contribution in [1.29, 1.82) is 0 Å². The molecule has 1 N–H and O–H groups in total. The van der Waals surface area contributed by atoms with Gasteiger partial charge in [0.2, 0.25) is 5.88 Å². The van der Waals surface area contributed by atoms with Crippen LogP contribution in [0.5, 0.6) is 5.88 Å². The Hall–Kier alpha value is -3.77.